The van der Waals surface area contributed by atoms with Gasteiger partial charge in [-0.1, -0.05) is 12.8 Å². The molecule has 0 aromatic carbocycles. The number of aliphatic hydroxyl groups excluding tert-OH is 7. The molecule has 2 aliphatic carbocycles. The van der Waals surface area contributed by atoms with Gasteiger partial charge in [0.1, 0.15) is 67.1 Å². The third-order valence-electron chi connectivity index (χ3n) is 11.7. The molecule has 0 aromatic rings. The van der Waals surface area contributed by atoms with Gasteiger partial charge in [0.05, 0.1) is 24.8 Å². The van der Waals surface area contributed by atoms with Gasteiger partial charge >= 0.3 is 0 Å². The highest BCUT2D eigenvalue weighted by atomic mass is 16.8. The molecule has 21 atom stereocenters. The van der Waals surface area contributed by atoms with E-state index >= 15 is 0 Å². The highest BCUT2D eigenvalue weighted by molar-refractivity contribution is 5.03. The molecule has 19 heteroatoms. The van der Waals surface area contributed by atoms with Crippen molar-refractivity contribution in [3.05, 3.63) is 0 Å². The lowest BCUT2D eigenvalue weighted by Crippen LogP contribution is -2.68. The highest BCUT2D eigenvalue weighted by Crippen LogP contribution is 2.38. The van der Waals surface area contributed by atoms with Gasteiger partial charge in [-0.3, -0.25) is 4.90 Å². The molecule has 2 saturated carbocycles. The lowest BCUT2D eigenvalue weighted by atomic mass is 9.84. The normalized spacial score (nSPS) is 53.4. The number of hydrogen-bond donors (Lipinski definition) is 12. The third-order valence-corrected chi connectivity index (χ3v) is 11.7. The molecule has 6 aliphatic rings. The molecular weight excluding hydrogens is 664 g/mol. The number of fused-ring (bicyclic) bond motifs is 1. The van der Waals surface area contributed by atoms with Crippen molar-refractivity contribution >= 4 is 0 Å². The fourth-order valence-electron chi connectivity index (χ4n) is 8.66. The summed E-state index contributed by atoms with van der Waals surface area (Å²) >= 11 is 0. The average Bonchev–Trinajstić information content (AvgIpc) is 3.65. The van der Waals surface area contributed by atoms with E-state index in [2.05, 4.69) is 4.90 Å². The van der Waals surface area contributed by atoms with Gasteiger partial charge in [0.15, 0.2) is 18.9 Å². The number of rotatable bonds is 10. The summed E-state index contributed by atoms with van der Waals surface area (Å²) in [6.07, 6.45) is -13.5. The van der Waals surface area contributed by atoms with Crippen LogP contribution in [0.5, 0.6) is 0 Å². The van der Waals surface area contributed by atoms with E-state index in [0.717, 1.165) is 25.8 Å². The second kappa shape index (κ2) is 16.3. The van der Waals surface area contributed by atoms with E-state index in [9.17, 15) is 35.7 Å². The molecule has 50 heavy (non-hydrogen) atoms. The van der Waals surface area contributed by atoms with Crippen molar-refractivity contribution in [2.75, 3.05) is 26.2 Å². The summed E-state index contributed by atoms with van der Waals surface area (Å²) in [4.78, 5) is 2.30. The predicted octanol–water partition coefficient (Wildman–Crippen LogP) is -6.59. The Labute approximate surface area is 290 Å². The number of aliphatic hydroxyl groups is 7. The molecule has 290 valence electrons. The van der Waals surface area contributed by atoms with Crippen LogP contribution in [-0.2, 0) is 28.4 Å². The Morgan fingerprint density at radius 1 is 0.600 bits per heavy atom. The van der Waals surface area contributed by atoms with E-state index in [1.807, 2.05) is 0 Å². The van der Waals surface area contributed by atoms with Gasteiger partial charge in [-0.25, -0.2) is 0 Å². The number of nitrogens with zero attached hydrogens (tertiary/aromatic N) is 1. The zero-order valence-electron chi connectivity index (χ0n) is 28.1. The maximum Gasteiger partial charge on any atom is 0.187 e. The average molecular weight is 723 g/mol. The Bertz CT molecular complexity index is 1110. The van der Waals surface area contributed by atoms with Crippen LogP contribution in [0.3, 0.4) is 0 Å². The molecule has 6 rings (SSSR count). The van der Waals surface area contributed by atoms with Crippen molar-refractivity contribution in [3.63, 3.8) is 0 Å². The Hall–Kier alpha value is -0.760. The van der Waals surface area contributed by atoms with Crippen LogP contribution < -0.4 is 28.7 Å². The minimum absolute atomic E-state index is 0.117. The number of nitrogens with two attached hydrogens (primary N) is 5. The SMILES string of the molecule is NCC1O[C@H](O[C@H]2[C@@H](O)[C@H](O[C@@H]3[C@@H](O)[C@H](N)C[C@H](N)[C@H]3O[C@H]3O[C@H](CN4CCC5CCCCC54)[C@@H](O)[C@H](O)[C@H]3N)O[C@@H]2CO)[C@H](N)[C@@H](O)[C@@H]1O. The fraction of sp³-hybridized carbons (Fsp3) is 1.00. The molecule has 4 aliphatic heterocycles. The molecule has 6 fully saturated rings. The quantitative estimate of drug-likeness (QED) is 0.0997. The molecule has 0 radical (unpaired) electrons. The molecular formula is C31H58N6O13. The van der Waals surface area contributed by atoms with Crippen LogP contribution in [0.25, 0.3) is 0 Å². The first-order valence-corrected chi connectivity index (χ1v) is 17.9. The van der Waals surface area contributed by atoms with Crippen LogP contribution in [0.4, 0.5) is 0 Å². The molecule has 4 saturated heterocycles. The van der Waals surface area contributed by atoms with E-state index in [1.165, 1.54) is 12.8 Å². The van der Waals surface area contributed by atoms with Crippen LogP contribution in [0, 0.1) is 5.92 Å². The molecule has 0 aromatic heterocycles. The Morgan fingerprint density at radius 2 is 1.18 bits per heavy atom. The summed E-state index contributed by atoms with van der Waals surface area (Å²) in [5.74, 6) is 0.602. The summed E-state index contributed by atoms with van der Waals surface area (Å²) in [7, 11) is 0. The van der Waals surface area contributed by atoms with Crippen molar-refractivity contribution < 1.29 is 64.2 Å². The van der Waals surface area contributed by atoms with E-state index < -0.39 is 123 Å². The van der Waals surface area contributed by atoms with Gasteiger partial charge < -0.3 is 92.8 Å². The lowest BCUT2D eigenvalue weighted by molar-refractivity contribution is -0.309. The third kappa shape index (κ3) is 7.61. The van der Waals surface area contributed by atoms with Crippen molar-refractivity contribution in [1.82, 2.24) is 4.90 Å². The molecule has 19 nitrogen and oxygen atoms in total. The van der Waals surface area contributed by atoms with Gasteiger partial charge in [0.2, 0.25) is 0 Å². The molecule has 17 N–H and O–H groups in total. The van der Waals surface area contributed by atoms with Gasteiger partial charge in [0.25, 0.3) is 0 Å². The second-order valence-corrected chi connectivity index (χ2v) is 14.9. The summed E-state index contributed by atoms with van der Waals surface area (Å²) in [6, 6.07) is -3.71. The molecule has 4 heterocycles. The molecule has 3 unspecified atom stereocenters. The van der Waals surface area contributed by atoms with Crippen LogP contribution >= 0.6 is 0 Å². The van der Waals surface area contributed by atoms with E-state index in [1.54, 1.807) is 0 Å². The first-order chi connectivity index (χ1) is 23.8. The first-order valence-electron chi connectivity index (χ1n) is 17.9. The molecule has 0 spiro atoms. The highest BCUT2D eigenvalue weighted by Gasteiger charge is 2.54. The van der Waals surface area contributed by atoms with Crippen LogP contribution in [0.2, 0.25) is 0 Å². The van der Waals surface area contributed by atoms with E-state index in [0.29, 0.717) is 18.5 Å². The lowest BCUT2D eigenvalue weighted by Gasteiger charge is -2.48. The zero-order chi connectivity index (χ0) is 36.0. The Balaban J connectivity index is 1.15. The van der Waals surface area contributed by atoms with Crippen molar-refractivity contribution in [2.45, 2.75) is 161 Å². The number of likely N-dealkylation sites (tertiary alicyclic amines) is 1. The summed E-state index contributed by atoms with van der Waals surface area (Å²) in [5.41, 5.74) is 30.7. The van der Waals surface area contributed by atoms with Crippen molar-refractivity contribution in [2.24, 2.45) is 34.6 Å². The van der Waals surface area contributed by atoms with Crippen LogP contribution in [-0.4, -0.2) is 189 Å². The zero-order valence-corrected chi connectivity index (χ0v) is 28.1. The van der Waals surface area contributed by atoms with Gasteiger partial charge in [-0.05, 0) is 38.1 Å². The van der Waals surface area contributed by atoms with Crippen molar-refractivity contribution in [1.29, 1.82) is 0 Å². The van der Waals surface area contributed by atoms with Crippen LogP contribution in [0.1, 0.15) is 38.5 Å². The van der Waals surface area contributed by atoms with E-state index in [4.69, 9.17) is 57.1 Å². The topological polar surface area (TPSA) is 330 Å². The maximum absolute atomic E-state index is 11.3. The second-order valence-electron chi connectivity index (χ2n) is 14.9. The van der Waals surface area contributed by atoms with Crippen molar-refractivity contribution in [3.8, 4) is 0 Å². The predicted molar refractivity (Wildman–Crippen MR) is 171 cm³/mol. The molecule has 0 amide bonds. The Morgan fingerprint density at radius 3 is 1.84 bits per heavy atom. The van der Waals surface area contributed by atoms with Gasteiger partial charge in [-0.2, -0.15) is 0 Å². The summed E-state index contributed by atoms with van der Waals surface area (Å²) < 4.78 is 35.9. The first kappa shape index (κ1) is 38.9. The van der Waals surface area contributed by atoms with Gasteiger partial charge in [-0.15, -0.1) is 0 Å². The monoisotopic (exact) mass is 722 g/mol. The minimum Gasteiger partial charge on any atom is -0.394 e. The Kier molecular flexibility index (Phi) is 12.7. The maximum atomic E-state index is 11.3. The minimum atomic E-state index is -1.59. The number of ether oxygens (including phenoxy) is 6. The smallest absolute Gasteiger partial charge is 0.187 e. The largest absolute Gasteiger partial charge is 0.394 e. The fourth-order valence-corrected chi connectivity index (χ4v) is 8.66. The van der Waals surface area contributed by atoms with Crippen LogP contribution in [0.15, 0.2) is 0 Å². The number of hydrogen-bond acceptors (Lipinski definition) is 19. The van der Waals surface area contributed by atoms with E-state index in [-0.39, 0.29) is 13.0 Å². The summed E-state index contributed by atoms with van der Waals surface area (Å²) in [5, 5.41) is 75.2. The van der Waals surface area contributed by atoms with Gasteiger partial charge in [0, 0.05) is 31.2 Å². The standard InChI is InChI=1S/C31H58N6O13/c32-8-15-21(40)23(42)18(35)29(45-15)49-27-17(10-38)47-31(25(27)44)50-28-20(39)12(33)7-13(34)26(28)48-30-19(36)24(43)22(41)16(46-30)9-37-6-5-11-3-1-2-4-14(11)37/h11-31,38-44H,1-10,32-36H2/t11?,12-,13+,14?,15?,16-,17-,18-,19-,20+,21-,22-,23-,24-,25-,26-,27-,28-,29-,30-,31+/m1/s1. The summed E-state index contributed by atoms with van der Waals surface area (Å²) in [6.45, 7) is 0.446. The molecule has 0 bridgehead atoms.